The number of likely N-dealkylation sites (N-methyl/N-ethyl adjacent to an activating group) is 1. The van der Waals surface area contributed by atoms with Gasteiger partial charge in [0.15, 0.2) is 0 Å². The Morgan fingerprint density at radius 2 is 2.12 bits per heavy atom. The van der Waals surface area contributed by atoms with Gasteiger partial charge in [-0.2, -0.15) is 0 Å². The number of carbonyl (C=O) groups excluding carboxylic acids is 1. The Kier molecular flexibility index (Phi) is 5.25. The summed E-state index contributed by atoms with van der Waals surface area (Å²) in [6.45, 7) is 6.28. The van der Waals surface area contributed by atoms with Gasteiger partial charge in [-0.3, -0.25) is 4.79 Å². The zero-order valence-corrected chi connectivity index (χ0v) is 18.2. The number of nitrogens with zero attached hydrogens (tertiary/aromatic N) is 2. The van der Waals surface area contributed by atoms with Crippen LogP contribution in [0.5, 0.6) is 0 Å². The minimum Gasteiger partial charge on any atom is -0.376 e. The van der Waals surface area contributed by atoms with Gasteiger partial charge in [0.05, 0.1) is 24.8 Å². The van der Waals surface area contributed by atoms with Gasteiger partial charge in [-0.1, -0.05) is 24.8 Å². The second-order valence-corrected chi connectivity index (χ2v) is 8.59. The molecule has 1 saturated heterocycles. The SMILES string of the molecule is C=CC(=O)N1CC(N(C)c2ccc(C(N)O)c3[nH]c(-c4ccc5c(c4)COCC5)cc23)C1. The van der Waals surface area contributed by atoms with E-state index in [0.29, 0.717) is 25.3 Å². The van der Waals surface area contributed by atoms with Crippen LogP contribution in [0.25, 0.3) is 22.2 Å². The fourth-order valence-corrected chi connectivity index (χ4v) is 4.68. The molecule has 7 heteroatoms. The predicted molar refractivity (Wildman–Crippen MR) is 125 cm³/mol. The monoisotopic (exact) mass is 432 g/mol. The molecular weight excluding hydrogens is 404 g/mol. The van der Waals surface area contributed by atoms with Gasteiger partial charge in [0, 0.05) is 42.5 Å². The van der Waals surface area contributed by atoms with Gasteiger partial charge in [0.25, 0.3) is 0 Å². The number of fused-ring (bicyclic) bond motifs is 2. The first kappa shape index (κ1) is 20.8. The zero-order chi connectivity index (χ0) is 22.4. The minimum atomic E-state index is -1.08. The third kappa shape index (κ3) is 3.48. The van der Waals surface area contributed by atoms with E-state index in [0.717, 1.165) is 40.9 Å². The van der Waals surface area contributed by atoms with Crippen molar-refractivity contribution in [2.24, 2.45) is 5.73 Å². The number of carbonyl (C=O) groups is 1. The number of benzene rings is 2. The lowest BCUT2D eigenvalue weighted by Gasteiger charge is -2.44. The summed E-state index contributed by atoms with van der Waals surface area (Å²) in [7, 11) is 2.04. The molecule has 3 heterocycles. The molecule has 1 atom stereocenters. The number of nitrogens with one attached hydrogen (secondary N) is 1. The van der Waals surface area contributed by atoms with Gasteiger partial charge < -0.3 is 30.4 Å². The van der Waals surface area contributed by atoms with Crippen LogP contribution in [0.4, 0.5) is 5.69 Å². The van der Waals surface area contributed by atoms with Gasteiger partial charge in [-0.05, 0) is 47.4 Å². The molecule has 7 nitrogen and oxygen atoms in total. The summed E-state index contributed by atoms with van der Waals surface area (Å²) in [5, 5.41) is 11.1. The van der Waals surface area contributed by atoms with Crippen LogP contribution in [0.1, 0.15) is 22.9 Å². The van der Waals surface area contributed by atoms with Crippen molar-refractivity contribution in [3.63, 3.8) is 0 Å². The van der Waals surface area contributed by atoms with Crippen molar-refractivity contribution < 1.29 is 14.6 Å². The second-order valence-electron chi connectivity index (χ2n) is 8.59. The maximum atomic E-state index is 11.8. The van der Waals surface area contributed by atoms with Crippen LogP contribution in [0.2, 0.25) is 0 Å². The molecule has 2 aliphatic heterocycles. The predicted octanol–water partition coefficient (Wildman–Crippen LogP) is 2.69. The highest BCUT2D eigenvalue weighted by atomic mass is 16.5. The van der Waals surface area contributed by atoms with Crippen LogP contribution in [0.3, 0.4) is 0 Å². The van der Waals surface area contributed by atoms with Crippen LogP contribution < -0.4 is 10.6 Å². The zero-order valence-electron chi connectivity index (χ0n) is 18.2. The molecule has 0 saturated carbocycles. The highest BCUT2D eigenvalue weighted by Crippen LogP contribution is 2.36. The van der Waals surface area contributed by atoms with E-state index in [1.807, 2.05) is 19.2 Å². The number of hydrogen-bond donors (Lipinski definition) is 3. The Labute approximate surface area is 187 Å². The van der Waals surface area contributed by atoms with E-state index in [2.05, 4.69) is 40.7 Å². The molecule has 0 radical (unpaired) electrons. The summed E-state index contributed by atoms with van der Waals surface area (Å²) < 4.78 is 5.63. The molecule has 32 heavy (non-hydrogen) atoms. The number of aromatic amines is 1. The summed E-state index contributed by atoms with van der Waals surface area (Å²) >= 11 is 0. The molecule has 2 aliphatic rings. The number of anilines is 1. The van der Waals surface area contributed by atoms with Gasteiger partial charge in [-0.15, -0.1) is 0 Å². The van der Waals surface area contributed by atoms with Gasteiger partial charge in [0.2, 0.25) is 5.91 Å². The fraction of sp³-hybridized carbons (Fsp3) is 0.320. The van der Waals surface area contributed by atoms with Gasteiger partial charge >= 0.3 is 0 Å². The molecule has 5 rings (SSSR count). The van der Waals surface area contributed by atoms with Gasteiger partial charge in [0.1, 0.15) is 6.23 Å². The smallest absolute Gasteiger partial charge is 0.246 e. The first-order chi connectivity index (χ1) is 15.5. The number of nitrogens with two attached hydrogens (primary N) is 1. The van der Waals surface area contributed by atoms with Crippen molar-refractivity contribution in [2.45, 2.75) is 25.3 Å². The third-order valence-electron chi connectivity index (χ3n) is 6.69. The summed E-state index contributed by atoms with van der Waals surface area (Å²) in [4.78, 5) is 19.3. The first-order valence-electron chi connectivity index (χ1n) is 10.9. The first-order valence-corrected chi connectivity index (χ1v) is 10.9. The topological polar surface area (TPSA) is 94.8 Å². The number of likely N-dealkylation sites (tertiary alicyclic amines) is 1. The molecule has 0 spiro atoms. The van der Waals surface area contributed by atoms with Crippen LogP contribution in [-0.2, 0) is 22.6 Å². The summed E-state index contributed by atoms with van der Waals surface area (Å²) in [5.41, 5.74) is 13.0. The normalized spacial score (nSPS) is 17.0. The molecule has 1 aromatic heterocycles. The second kappa shape index (κ2) is 8.09. The summed E-state index contributed by atoms with van der Waals surface area (Å²) in [5.74, 6) is -0.0401. The maximum Gasteiger partial charge on any atom is 0.246 e. The number of rotatable bonds is 5. The molecule has 166 valence electrons. The molecule has 1 amide bonds. The Morgan fingerprint density at radius 1 is 1.31 bits per heavy atom. The molecule has 2 aromatic carbocycles. The molecule has 0 bridgehead atoms. The molecule has 4 N–H and O–H groups in total. The van der Waals surface area contributed by atoms with Crippen LogP contribution >= 0.6 is 0 Å². The van der Waals surface area contributed by atoms with Crippen LogP contribution in [0.15, 0.2) is 49.1 Å². The Morgan fingerprint density at radius 3 is 2.88 bits per heavy atom. The third-order valence-corrected chi connectivity index (χ3v) is 6.69. The van der Waals surface area contributed by atoms with Crippen molar-refractivity contribution in [3.8, 4) is 11.3 Å². The van der Waals surface area contributed by atoms with E-state index in [-0.39, 0.29) is 11.9 Å². The number of amides is 1. The van der Waals surface area contributed by atoms with Crippen LogP contribution in [0, 0.1) is 0 Å². The van der Waals surface area contributed by atoms with E-state index >= 15 is 0 Å². The van der Waals surface area contributed by atoms with E-state index in [9.17, 15) is 9.90 Å². The largest absolute Gasteiger partial charge is 0.376 e. The number of aromatic nitrogens is 1. The van der Waals surface area contributed by atoms with Gasteiger partial charge in [-0.25, -0.2) is 0 Å². The standard InChI is InChI=1S/C25H28N4O3/c1-3-23(30)29-12-18(13-29)28(2)22-7-6-19(25(26)31)24-20(22)11-21(27-24)16-5-4-15-8-9-32-14-17(15)10-16/h3-7,10-11,18,25,27,31H,1,8-9,12-14,26H2,2H3. The quantitative estimate of drug-likeness (QED) is 0.426. The number of aliphatic hydroxyl groups excluding tert-OH is 1. The van der Waals surface area contributed by atoms with E-state index in [1.165, 1.54) is 17.2 Å². The maximum absolute atomic E-state index is 11.8. The summed E-state index contributed by atoms with van der Waals surface area (Å²) in [6.07, 6.45) is 1.21. The van der Waals surface area contributed by atoms with Crippen molar-refractivity contribution >= 4 is 22.5 Å². The van der Waals surface area contributed by atoms with Crippen molar-refractivity contribution in [2.75, 3.05) is 31.6 Å². The van der Waals surface area contributed by atoms with Crippen molar-refractivity contribution in [1.82, 2.24) is 9.88 Å². The Hall–Kier alpha value is -3.13. The lowest BCUT2D eigenvalue weighted by atomic mass is 9.99. The summed E-state index contributed by atoms with van der Waals surface area (Å²) in [6, 6.07) is 12.7. The molecule has 0 aliphatic carbocycles. The van der Waals surface area contributed by atoms with Crippen molar-refractivity contribution in [1.29, 1.82) is 0 Å². The van der Waals surface area contributed by atoms with E-state index in [4.69, 9.17) is 10.5 Å². The Balaban J connectivity index is 1.53. The number of ether oxygens (including phenoxy) is 1. The van der Waals surface area contributed by atoms with Crippen molar-refractivity contribution in [3.05, 3.63) is 65.7 Å². The minimum absolute atomic E-state index is 0.0401. The van der Waals surface area contributed by atoms with Crippen LogP contribution in [-0.4, -0.2) is 53.7 Å². The number of aliphatic hydroxyl groups is 1. The lowest BCUT2D eigenvalue weighted by molar-refractivity contribution is -0.130. The lowest BCUT2D eigenvalue weighted by Crippen LogP contribution is -2.60. The molecule has 3 aromatic rings. The number of hydrogen-bond acceptors (Lipinski definition) is 5. The highest BCUT2D eigenvalue weighted by molar-refractivity contribution is 5.98. The molecular formula is C25H28N4O3. The van der Waals surface area contributed by atoms with E-state index < -0.39 is 6.23 Å². The average Bonchev–Trinajstić information content (AvgIpc) is 3.22. The number of H-pyrrole nitrogens is 1. The van der Waals surface area contributed by atoms with E-state index in [1.54, 1.807) is 4.90 Å². The Bertz CT molecular complexity index is 1190. The highest BCUT2D eigenvalue weighted by Gasteiger charge is 2.33. The molecule has 1 fully saturated rings. The molecule has 1 unspecified atom stereocenters. The average molecular weight is 433 g/mol. The fourth-order valence-electron chi connectivity index (χ4n) is 4.68.